The number of nitrogens with one attached hydrogen (secondary N) is 1. The van der Waals surface area contributed by atoms with Gasteiger partial charge < -0.3 is 10.2 Å². The van der Waals surface area contributed by atoms with E-state index in [0.29, 0.717) is 10.3 Å². The van der Waals surface area contributed by atoms with Crippen LogP contribution in [0.5, 0.6) is 0 Å². The summed E-state index contributed by atoms with van der Waals surface area (Å²) >= 11 is 1.17. The fraction of sp³-hybridized carbons (Fsp3) is 0.588. The number of halogens is 4. The molecule has 3 rings (SSSR count). The molecule has 0 atom stereocenters. The van der Waals surface area contributed by atoms with Crippen LogP contribution in [-0.2, 0) is 11.0 Å². The maximum atomic E-state index is 12.7. The number of hydrogen-bond donors (Lipinski definition) is 1. The summed E-state index contributed by atoms with van der Waals surface area (Å²) in [6.07, 6.45) is -1.15. The van der Waals surface area contributed by atoms with Gasteiger partial charge in [0.25, 0.3) is 0 Å². The van der Waals surface area contributed by atoms with Crippen LogP contribution >= 0.6 is 24.2 Å². The number of alkyl halides is 3. The van der Waals surface area contributed by atoms with Gasteiger partial charge in [-0.05, 0) is 49.4 Å². The minimum Gasteiger partial charge on any atom is -0.342 e. The van der Waals surface area contributed by atoms with E-state index >= 15 is 0 Å². The molecule has 2 heterocycles. The molecule has 2 aliphatic rings. The Bertz CT molecular complexity index is 596. The normalized spacial score (nSPS) is 19.7. The van der Waals surface area contributed by atoms with Gasteiger partial charge in [0.05, 0.1) is 11.3 Å². The highest BCUT2D eigenvalue weighted by Crippen LogP contribution is 2.37. The topological polar surface area (TPSA) is 32.3 Å². The molecule has 1 aromatic rings. The smallest absolute Gasteiger partial charge is 0.342 e. The maximum Gasteiger partial charge on any atom is 0.416 e. The number of carbonyl (C=O) groups excluding carboxylic acids is 1. The van der Waals surface area contributed by atoms with Crippen LogP contribution in [-0.4, -0.2) is 42.7 Å². The lowest BCUT2D eigenvalue weighted by Crippen LogP contribution is -2.44. The second-order valence-electron chi connectivity index (χ2n) is 6.62. The highest BCUT2D eigenvalue weighted by Gasteiger charge is 2.38. The standard InChI is InChI=1S/C17H21F3N2OS.ClH/c18-17(19,20)13-2-1-3-14(10-13)24-11-15(23)22-8-5-16(6-9-22)4-7-21-12-16;/h1-3,10,21H,4-9,11-12H2;1H. The molecule has 1 spiro atoms. The SMILES string of the molecule is Cl.O=C(CSc1cccc(C(F)(F)F)c1)N1CCC2(CCNC2)CC1. The Labute approximate surface area is 156 Å². The molecular weight excluding hydrogens is 373 g/mol. The first kappa shape index (κ1) is 20.4. The largest absolute Gasteiger partial charge is 0.416 e. The Morgan fingerprint density at radius 3 is 2.56 bits per heavy atom. The molecule has 3 nitrogen and oxygen atoms in total. The summed E-state index contributed by atoms with van der Waals surface area (Å²) in [6.45, 7) is 3.60. The van der Waals surface area contributed by atoms with Gasteiger partial charge in [-0.1, -0.05) is 6.07 Å². The first-order valence-electron chi connectivity index (χ1n) is 8.17. The summed E-state index contributed by atoms with van der Waals surface area (Å²) < 4.78 is 38.1. The molecule has 1 aromatic carbocycles. The Morgan fingerprint density at radius 2 is 1.96 bits per heavy atom. The molecule has 0 bridgehead atoms. The van der Waals surface area contributed by atoms with Gasteiger partial charge in [0.1, 0.15) is 0 Å². The summed E-state index contributed by atoms with van der Waals surface area (Å²) in [5.41, 5.74) is -0.320. The van der Waals surface area contributed by atoms with Gasteiger partial charge in [-0.2, -0.15) is 13.2 Å². The molecule has 2 aliphatic heterocycles. The number of carbonyl (C=O) groups is 1. The van der Waals surface area contributed by atoms with E-state index in [1.54, 1.807) is 6.07 Å². The third-order valence-corrected chi connectivity index (χ3v) is 6.01. The molecule has 0 aliphatic carbocycles. The molecule has 0 aromatic heterocycles. The average Bonchev–Trinajstić information content (AvgIpc) is 3.01. The summed E-state index contributed by atoms with van der Waals surface area (Å²) in [5.74, 6) is 0.199. The zero-order valence-corrected chi connectivity index (χ0v) is 15.4. The van der Waals surface area contributed by atoms with E-state index in [-0.39, 0.29) is 24.1 Å². The van der Waals surface area contributed by atoms with Gasteiger partial charge in [-0.3, -0.25) is 4.79 Å². The molecule has 25 heavy (non-hydrogen) atoms. The Balaban J connectivity index is 0.00000225. The number of benzene rings is 1. The second kappa shape index (κ2) is 8.18. The van der Waals surface area contributed by atoms with Crippen molar-refractivity contribution in [1.29, 1.82) is 0 Å². The van der Waals surface area contributed by atoms with Crippen LogP contribution in [0, 0.1) is 5.41 Å². The molecule has 1 N–H and O–H groups in total. The van der Waals surface area contributed by atoms with Gasteiger partial charge in [0.2, 0.25) is 5.91 Å². The van der Waals surface area contributed by atoms with Gasteiger partial charge in [0.15, 0.2) is 0 Å². The lowest BCUT2D eigenvalue weighted by Gasteiger charge is -2.38. The summed E-state index contributed by atoms with van der Waals surface area (Å²) in [6, 6.07) is 5.15. The highest BCUT2D eigenvalue weighted by atomic mass is 35.5. The first-order chi connectivity index (χ1) is 11.4. The zero-order valence-electron chi connectivity index (χ0n) is 13.8. The molecule has 8 heteroatoms. The average molecular weight is 395 g/mol. The number of likely N-dealkylation sites (tertiary alicyclic amines) is 1. The molecule has 2 fully saturated rings. The van der Waals surface area contributed by atoms with Crippen molar-refractivity contribution < 1.29 is 18.0 Å². The third-order valence-electron chi connectivity index (χ3n) is 5.03. The Hall–Kier alpha value is -0.920. The lowest BCUT2D eigenvalue weighted by molar-refractivity contribution is -0.137. The van der Waals surface area contributed by atoms with Crippen LogP contribution < -0.4 is 5.32 Å². The number of piperidine rings is 1. The van der Waals surface area contributed by atoms with Gasteiger partial charge >= 0.3 is 6.18 Å². The lowest BCUT2D eigenvalue weighted by atomic mass is 9.78. The van der Waals surface area contributed by atoms with E-state index in [0.717, 1.165) is 51.2 Å². The van der Waals surface area contributed by atoms with Crippen LogP contribution in [0.1, 0.15) is 24.8 Å². The van der Waals surface area contributed by atoms with E-state index in [4.69, 9.17) is 0 Å². The van der Waals surface area contributed by atoms with E-state index in [2.05, 4.69) is 5.32 Å². The first-order valence-corrected chi connectivity index (χ1v) is 9.15. The number of amides is 1. The second-order valence-corrected chi connectivity index (χ2v) is 7.67. The van der Waals surface area contributed by atoms with Crippen molar-refractivity contribution in [2.75, 3.05) is 31.9 Å². The molecule has 2 saturated heterocycles. The van der Waals surface area contributed by atoms with Crippen LogP contribution in [0.2, 0.25) is 0 Å². The quantitative estimate of drug-likeness (QED) is 0.791. The maximum absolute atomic E-state index is 12.7. The van der Waals surface area contributed by atoms with E-state index in [1.807, 2.05) is 4.90 Å². The van der Waals surface area contributed by atoms with Gasteiger partial charge in [-0.25, -0.2) is 0 Å². The molecule has 140 valence electrons. The molecule has 0 unspecified atom stereocenters. The van der Waals surface area contributed by atoms with Crippen molar-refractivity contribution in [3.8, 4) is 0 Å². The predicted octanol–water partition coefficient (Wildman–Crippen LogP) is 3.82. The number of hydrogen-bond acceptors (Lipinski definition) is 3. The molecule has 0 saturated carbocycles. The minimum atomic E-state index is -4.35. The van der Waals surface area contributed by atoms with E-state index in [1.165, 1.54) is 24.2 Å². The van der Waals surface area contributed by atoms with Crippen LogP contribution in [0.4, 0.5) is 13.2 Å². The van der Waals surface area contributed by atoms with Gasteiger partial charge in [0, 0.05) is 24.5 Å². The van der Waals surface area contributed by atoms with Crippen molar-refractivity contribution >= 4 is 30.1 Å². The fourth-order valence-electron chi connectivity index (χ4n) is 3.45. The summed E-state index contributed by atoms with van der Waals surface area (Å²) in [5, 5.41) is 3.39. The summed E-state index contributed by atoms with van der Waals surface area (Å²) in [4.78, 5) is 14.7. The van der Waals surface area contributed by atoms with Gasteiger partial charge in [-0.15, -0.1) is 24.2 Å². The molecule has 1 amide bonds. The summed E-state index contributed by atoms with van der Waals surface area (Å²) in [7, 11) is 0. The van der Waals surface area contributed by atoms with Crippen LogP contribution in [0.25, 0.3) is 0 Å². The van der Waals surface area contributed by atoms with Crippen molar-refractivity contribution in [2.45, 2.75) is 30.3 Å². The van der Waals surface area contributed by atoms with E-state index in [9.17, 15) is 18.0 Å². The van der Waals surface area contributed by atoms with Crippen molar-refractivity contribution in [3.63, 3.8) is 0 Å². The third kappa shape index (κ3) is 5.05. The fourth-order valence-corrected chi connectivity index (χ4v) is 4.31. The minimum absolute atomic E-state index is 0. The van der Waals surface area contributed by atoms with Crippen LogP contribution in [0.3, 0.4) is 0 Å². The zero-order chi connectivity index (χ0) is 17.2. The number of rotatable bonds is 3. The van der Waals surface area contributed by atoms with Crippen molar-refractivity contribution in [1.82, 2.24) is 10.2 Å². The Morgan fingerprint density at radius 1 is 1.24 bits per heavy atom. The van der Waals surface area contributed by atoms with Crippen molar-refractivity contribution in [3.05, 3.63) is 29.8 Å². The van der Waals surface area contributed by atoms with Crippen molar-refractivity contribution in [2.24, 2.45) is 5.41 Å². The number of nitrogens with zero attached hydrogens (tertiary/aromatic N) is 1. The predicted molar refractivity (Wildman–Crippen MR) is 95.1 cm³/mol. The molecule has 0 radical (unpaired) electrons. The number of thioether (sulfide) groups is 1. The monoisotopic (exact) mass is 394 g/mol. The Kier molecular flexibility index (Phi) is 6.68. The molecular formula is C17H22ClF3N2OS. The van der Waals surface area contributed by atoms with Crippen LogP contribution in [0.15, 0.2) is 29.2 Å². The highest BCUT2D eigenvalue weighted by molar-refractivity contribution is 8.00. The van der Waals surface area contributed by atoms with E-state index < -0.39 is 11.7 Å².